The number of halogens is 3. The highest BCUT2D eigenvalue weighted by Crippen LogP contribution is 2.32. The lowest BCUT2D eigenvalue weighted by molar-refractivity contribution is -0.141. The van der Waals surface area contributed by atoms with E-state index in [1.54, 1.807) is 41.8 Å². The molecule has 0 bridgehead atoms. The third-order valence-electron chi connectivity index (χ3n) is 4.34. The van der Waals surface area contributed by atoms with Gasteiger partial charge in [0.1, 0.15) is 11.3 Å². The van der Waals surface area contributed by atoms with Crippen LogP contribution < -0.4 is 0 Å². The van der Waals surface area contributed by atoms with Gasteiger partial charge in [0.2, 0.25) is 0 Å². The fourth-order valence-corrected chi connectivity index (χ4v) is 3.02. The third-order valence-corrected chi connectivity index (χ3v) is 4.34. The summed E-state index contributed by atoms with van der Waals surface area (Å²) in [5.41, 5.74) is 1.41. The molecule has 0 aliphatic carbocycles. The summed E-state index contributed by atoms with van der Waals surface area (Å²) >= 11 is 0. The molecule has 4 heterocycles. The van der Waals surface area contributed by atoms with Crippen molar-refractivity contribution in [3.8, 4) is 22.5 Å². The molecule has 0 aliphatic rings. The van der Waals surface area contributed by atoms with Gasteiger partial charge in [0.15, 0.2) is 5.69 Å². The Morgan fingerprint density at radius 3 is 2.67 bits per heavy atom. The molecule has 0 atom stereocenters. The van der Waals surface area contributed by atoms with Gasteiger partial charge in [-0.1, -0.05) is 12.1 Å². The summed E-state index contributed by atoms with van der Waals surface area (Å²) in [6.07, 6.45) is 0.203. The maximum absolute atomic E-state index is 13.1. The van der Waals surface area contributed by atoms with Gasteiger partial charge in [-0.25, -0.2) is 14.8 Å². The molecule has 4 rings (SSSR count). The number of esters is 1. The highest BCUT2D eigenvalue weighted by molar-refractivity contribution is 5.88. The quantitative estimate of drug-likeness (QED) is 0.456. The van der Waals surface area contributed by atoms with Crippen molar-refractivity contribution >= 4 is 11.6 Å². The highest BCUT2D eigenvalue weighted by atomic mass is 19.4. The van der Waals surface area contributed by atoms with Crippen LogP contribution in [0.5, 0.6) is 0 Å². The van der Waals surface area contributed by atoms with Crippen molar-refractivity contribution in [1.29, 1.82) is 0 Å². The van der Waals surface area contributed by atoms with Crippen LogP contribution in [0, 0.1) is 0 Å². The summed E-state index contributed by atoms with van der Waals surface area (Å²) in [6, 6.07) is 10.6. The second-order valence-corrected chi connectivity index (χ2v) is 6.34. The minimum Gasteiger partial charge on any atom is -0.461 e. The number of carbonyl (C=O) groups excluding carboxylic acids is 1. The van der Waals surface area contributed by atoms with Gasteiger partial charge in [-0.2, -0.15) is 13.2 Å². The molecule has 0 aliphatic heterocycles. The zero-order valence-corrected chi connectivity index (χ0v) is 15.7. The molecule has 4 aromatic rings. The first kappa shape index (κ1) is 19.6. The lowest BCUT2D eigenvalue weighted by Gasteiger charge is -2.11. The number of hydrogen-bond donors (Lipinski definition) is 0. The Kier molecular flexibility index (Phi) is 4.94. The van der Waals surface area contributed by atoms with Gasteiger partial charge in [-0.05, 0) is 37.3 Å². The molecular formula is C21H15F3N4O2. The van der Waals surface area contributed by atoms with E-state index in [0.29, 0.717) is 22.5 Å². The van der Waals surface area contributed by atoms with E-state index in [9.17, 15) is 18.0 Å². The number of ether oxygens (including phenoxy) is 1. The topological polar surface area (TPSA) is 69.4 Å². The highest BCUT2D eigenvalue weighted by Gasteiger charge is 2.32. The molecule has 0 fully saturated rings. The van der Waals surface area contributed by atoms with Crippen LogP contribution in [0.1, 0.15) is 23.1 Å². The summed E-state index contributed by atoms with van der Waals surface area (Å²) < 4.78 is 45.8. The van der Waals surface area contributed by atoms with Gasteiger partial charge in [0.25, 0.3) is 0 Å². The van der Waals surface area contributed by atoms with E-state index in [0.717, 1.165) is 6.07 Å². The normalized spacial score (nSPS) is 11.6. The predicted molar refractivity (Wildman–Crippen MR) is 103 cm³/mol. The van der Waals surface area contributed by atoms with E-state index in [1.165, 1.54) is 24.5 Å². The fraction of sp³-hybridized carbons (Fsp3) is 0.143. The van der Waals surface area contributed by atoms with Crippen molar-refractivity contribution in [3.05, 3.63) is 72.4 Å². The molecule has 0 spiro atoms. The van der Waals surface area contributed by atoms with E-state index < -0.39 is 17.8 Å². The van der Waals surface area contributed by atoms with Crippen molar-refractivity contribution in [2.75, 3.05) is 6.61 Å². The van der Waals surface area contributed by atoms with Crippen LogP contribution >= 0.6 is 0 Å². The van der Waals surface area contributed by atoms with Crippen LogP contribution in [0.4, 0.5) is 13.2 Å². The smallest absolute Gasteiger partial charge is 0.433 e. The van der Waals surface area contributed by atoms with Crippen molar-refractivity contribution in [2.24, 2.45) is 0 Å². The molecule has 0 N–H and O–H groups in total. The van der Waals surface area contributed by atoms with Gasteiger partial charge < -0.3 is 9.14 Å². The molecule has 0 aromatic carbocycles. The molecule has 4 aromatic heterocycles. The third kappa shape index (κ3) is 3.73. The standard InChI is InChI=1S/C21H15F3N4O2/c1-2-30-20(29)16-12-28-11-13(8-9-18(28)27-16)14-5-4-10-25-19(14)15-6-3-7-17(26-15)21(22,23)24/h3-12H,2H2,1H3. The predicted octanol–water partition coefficient (Wildman–Crippen LogP) is 4.65. The zero-order valence-electron chi connectivity index (χ0n) is 15.7. The first-order chi connectivity index (χ1) is 14.4. The fourth-order valence-electron chi connectivity index (χ4n) is 3.02. The van der Waals surface area contributed by atoms with Crippen LogP contribution in [-0.2, 0) is 10.9 Å². The van der Waals surface area contributed by atoms with Crippen molar-refractivity contribution < 1.29 is 22.7 Å². The Morgan fingerprint density at radius 2 is 1.90 bits per heavy atom. The number of carbonyl (C=O) groups is 1. The SMILES string of the molecule is CCOC(=O)c1cn2cc(-c3cccnc3-c3cccc(C(F)(F)F)n3)ccc2n1. The van der Waals surface area contributed by atoms with Gasteiger partial charge in [0, 0.05) is 29.7 Å². The molecule has 152 valence electrons. The first-order valence-electron chi connectivity index (χ1n) is 9.02. The molecular weight excluding hydrogens is 397 g/mol. The number of imidazole rings is 1. The Morgan fingerprint density at radius 1 is 1.07 bits per heavy atom. The molecule has 0 unspecified atom stereocenters. The van der Waals surface area contributed by atoms with Crippen LogP contribution in [0.15, 0.2) is 61.1 Å². The number of pyridine rings is 3. The van der Waals surface area contributed by atoms with Gasteiger partial charge >= 0.3 is 12.1 Å². The van der Waals surface area contributed by atoms with Gasteiger partial charge in [-0.3, -0.25) is 4.98 Å². The molecule has 0 amide bonds. The molecule has 9 heteroatoms. The van der Waals surface area contributed by atoms with Crippen LogP contribution in [0.3, 0.4) is 0 Å². The van der Waals surface area contributed by atoms with E-state index in [-0.39, 0.29) is 18.0 Å². The first-order valence-corrected chi connectivity index (χ1v) is 9.02. The average Bonchev–Trinajstić information content (AvgIpc) is 3.17. The number of hydrogen-bond acceptors (Lipinski definition) is 5. The summed E-state index contributed by atoms with van der Waals surface area (Å²) in [4.78, 5) is 24.1. The summed E-state index contributed by atoms with van der Waals surface area (Å²) in [5, 5.41) is 0. The van der Waals surface area contributed by atoms with Crippen LogP contribution in [-0.4, -0.2) is 31.9 Å². The Hall–Kier alpha value is -3.75. The van der Waals surface area contributed by atoms with Gasteiger partial charge in [0.05, 0.1) is 18.0 Å². The lowest BCUT2D eigenvalue weighted by atomic mass is 10.0. The van der Waals surface area contributed by atoms with E-state index in [4.69, 9.17) is 4.74 Å². The van der Waals surface area contributed by atoms with E-state index in [1.807, 2.05) is 0 Å². The van der Waals surface area contributed by atoms with Gasteiger partial charge in [-0.15, -0.1) is 0 Å². The number of fused-ring (bicyclic) bond motifs is 1. The summed E-state index contributed by atoms with van der Waals surface area (Å²) in [6.45, 7) is 1.94. The number of aromatic nitrogens is 4. The number of alkyl halides is 3. The van der Waals surface area contributed by atoms with Crippen molar-refractivity contribution in [3.63, 3.8) is 0 Å². The van der Waals surface area contributed by atoms with Crippen LogP contribution in [0.2, 0.25) is 0 Å². The van der Waals surface area contributed by atoms with Crippen LogP contribution in [0.25, 0.3) is 28.2 Å². The Bertz CT molecular complexity index is 1230. The van der Waals surface area contributed by atoms with E-state index >= 15 is 0 Å². The average molecular weight is 412 g/mol. The second-order valence-electron chi connectivity index (χ2n) is 6.34. The molecule has 30 heavy (non-hydrogen) atoms. The molecule has 0 radical (unpaired) electrons. The van der Waals surface area contributed by atoms with Crippen molar-refractivity contribution in [2.45, 2.75) is 13.1 Å². The maximum Gasteiger partial charge on any atom is 0.433 e. The van der Waals surface area contributed by atoms with E-state index in [2.05, 4.69) is 15.0 Å². The minimum absolute atomic E-state index is 0.110. The largest absolute Gasteiger partial charge is 0.461 e. The lowest BCUT2D eigenvalue weighted by Crippen LogP contribution is -2.08. The second kappa shape index (κ2) is 7.58. The Balaban J connectivity index is 1.79. The molecule has 0 saturated carbocycles. The zero-order chi connectivity index (χ0) is 21.3. The Labute approximate surface area is 169 Å². The summed E-state index contributed by atoms with van der Waals surface area (Å²) in [5.74, 6) is -0.530. The molecule has 0 saturated heterocycles. The van der Waals surface area contributed by atoms with Crippen molar-refractivity contribution in [1.82, 2.24) is 19.4 Å². The number of nitrogens with zero attached hydrogens (tertiary/aromatic N) is 4. The molecule has 6 nitrogen and oxygen atoms in total. The number of rotatable bonds is 4. The monoisotopic (exact) mass is 412 g/mol. The minimum atomic E-state index is -4.55. The summed E-state index contributed by atoms with van der Waals surface area (Å²) in [7, 11) is 0. The maximum atomic E-state index is 13.1.